The molecular formula is C11H12F3. The van der Waals surface area contributed by atoms with Gasteiger partial charge >= 0.3 is 0 Å². The lowest BCUT2D eigenvalue weighted by Crippen LogP contribution is -1.95. The lowest BCUT2D eigenvalue weighted by Gasteiger charge is -2.03. The molecule has 1 aromatic carbocycles. The molecule has 0 spiro atoms. The Balaban J connectivity index is 2.72. The second-order valence-corrected chi connectivity index (χ2v) is 3.17. The standard InChI is InChI=1S/C11H12F3/c1-2-3-4-5-8-6-10(13)11(14)7-9(8)12/h6-7H,1-5H2. The molecule has 0 unspecified atom stereocenters. The molecule has 3 heteroatoms. The molecule has 14 heavy (non-hydrogen) atoms. The van der Waals surface area contributed by atoms with E-state index < -0.39 is 17.5 Å². The molecule has 0 aromatic heterocycles. The van der Waals surface area contributed by atoms with Crippen LogP contribution in [0.4, 0.5) is 13.2 Å². The summed E-state index contributed by atoms with van der Waals surface area (Å²) in [7, 11) is 0. The first-order chi connectivity index (χ1) is 6.65. The van der Waals surface area contributed by atoms with Gasteiger partial charge in [0, 0.05) is 6.07 Å². The van der Waals surface area contributed by atoms with Crippen LogP contribution < -0.4 is 0 Å². The van der Waals surface area contributed by atoms with Crippen LogP contribution in [0.3, 0.4) is 0 Å². The van der Waals surface area contributed by atoms with Gasteiger partial charge in [0.2, 0.25) is 0 Å². The molecule has 0 saturated heterocycles. The van der Waals surface area contributed by atoms with E-state index in [0.717, 1.165) is 25.3 Å². The Kier molecular flexibility index (Phi) is 3.98. The van der Waals surface area contributed by atoms with Crippen molar-refractivity contribution in [1.29, 1.82) is 0 Å². The van der Waals surface area contributed by atoms with Crippen LogP contribution in [0, 0.1) is 24.4 Å². The van der Waals surface area contributed by atoms with E-state index in [1.54, 1.807) is 0 Å². The molecule has 0 bridgehead atoms. The van der Waals surface area contributed by atoms with Gasteiger partial charge in [0.1, 0.15) is 5.82 Å². The van der Waals surface area contributed by atoms with Crippen molar-refractivity contribution in [2.24, 2.45) is 0 Å². The highest BCUT2D eigenvalue weighted by Gasteiger charge is 2.08. The molecule has 0 fully saturated rings. The SMILES string of the molecule is [CH2]CCCCc1cc(F)c(F)cc1F. The van der Waals surface area contributed by atoms with E-state index in [2.05, 4.69) is 6.92 Å². The Hall–Kier alpha value is -0.990. The largest absolute Gasteiger partial charge is 0.207 e. The molecule has 0 heterocycles. The van der Waals surface area contributed by atoms with Crippen molar-refractivity contribution in [1.82, 2.24) is 0 Å². The summed E-state index contributed by atoms with van der Waals surface area (Å²) < 4.78 is 38.3. The summed E-state index contributed by atoms with van der Waals surface area (Å²) >= 11 is 0. The fourth-order valence-electron chi connectivity index (χ4n) is 1.25. The maximum Gasteiger partial charge on any atom is 0.161 e. The quantitative estimate of drug-likeness (QED) is 0.515. The summed E-state index contributed by atoms with van der Waals surface area (Å²) in [4.78, 5) is 0. The summed E-state index contributed by atoms with van der Waals surface area (Å²) in [6, 6.07) is 1.52. The van der Waals surface area contributed by atoms with Crippen LogP contribution in [0.15, 0.2) is 12.1 Å². The number of hydrogen-bond donors (Lipinski definition) is 0. The van der Waals surface area contributed by atoms with Gasteiger partial charge in [-0.15, -0.1) is 0 Å². The molecule has 0 atom stereocenters. The average molecular weight is 201 g/mol. The third-order valence-corrected chi connectivity index (χ3v) is 2.04. The van der Waals surface area contributed by atoms with E-state index in [-0.39, 0.29) is 5.56 Å². The van der Waals surface area contributed by atoms with E-state index in [1.165, 1.54) is 0 Å². The molecule has 0 N–H and O–H groups in total. The molecule has 0 nitrogen and oxygen atoms in total. The van der Waals surface area contributed by atoms with Crippen molar-refractivity contribution in [2.45, 2.75) is 25.7 Å². The first kappa shape index (κ1) is 11.1. The van der Waals surface area contributed by atoms with Gasteiger partial charge in [-0.25, -0.2) is 13.2 Å². The Bertz CT molecular complexity index is 308. The summed E-state index contributed by atoms with van der Waals surface area (Å²) in [5, 5.41) is 0. The smallest absolute Gasteiger partial charge is 0.161 e. The van der Waals surface area contributed by atoms with Crippen LogP contribution >= 0.6 is 0 Å². The molecule has 1 rings (SSSR count). The van der Waals surface area contributed by atoms with Gasteiger partial charge in [0.25, 0.3) is 0 Å². The minimum atomic E-state index is -1.14. The van der Waals surface area contributed by atoms with Gasteiger partial charge in [-0.05, 0) is 24.5 Å². The number of benzene rings is 1. The van der Waals surface area contributed by atoms with Crippen molar-refractivity contribution < 1.29 is 13.2 Å². The van der Waals surface area contributed by atoms with Crippen LogP contribution in [0.5, 0.6) is 0 Å². The fraction of sp³-hybridized carbons (Fsp3) is 0.364. The van der Waals surface area contributed by atoms with Crippen molar-refractivity contribution in [3.63, 3.8) is 0 Å². The van der Waals surface area contributed by atoms with Gasteiger partial charge < -0.3 is 0 Å². The zero-order chi connectivity index (χ0) is 10.6. The van der Waals surface area contributed by atoms with Gasteiger partial charge in [0.05, 0.1) is 0 Å². The summed E-state index contributed by atoms with van der Waals surface area (Å²) in [6.45, 7) is 3.64. The van der Waals surface area contributed by atoms with Gasteiger partial charge in [-0.2, -0.15) is 0 Å². The number of unbranched alkanes of at least 4 members (excludes halogenated alkanes) is 2. The van der Waals surface area contributed by atoms with Crippen molar-refractivity contribution in [3.05, 3.63) is 42.1 Å². The molecule has 77 valence electrons. The Labute approximate surface area is 81.8 Å². The number of rotatable bonds is 4. The summed E-state index contributed by atoms with van der Waals surface area (Å²) in [6.07, 6.45) is 2.80. The van der Waals surface area contributed by atoms with Crippen LogP contribution in [-0.2, 0) is 6.42 Å². The van der Waals surface area contributed by atoms with E-state index in [0.29, 0.717) is 12.5 Å². The maximum absolute atomic E-state index is 13.0. The number of aryl methyl sites for hydroxylation is 1. The first-order valence-corrected chi connectivity index (χ1v) is 4.58. The predicted octanol–water partition coefficient (Wildman–Crippen LogP) is 3.65. The Morgan fingerprint density at radius 3 is 2.21 bits per heavy atom. The average Bonchev–Trinajstić information content (AvgIpc) is 2.14. The zero-order valence-corrected chi connectivity index (χ0v) is 7.82. The second-order valence-electron chi connectivity index (χ2n) is 3.17. The van der Waals surface area contributed by atoms with E-state index >= 15 is 0 Å². The second kappa shape index (κ2) is 5.03. The van der Waals surface area contributed by atoms with E-state index in [9.17, 15) is 13.2 Å². The Morgan fingerprint density at radius 2 is 1.57 bits per heavy atom. The maximum atomic E-state index is 13.0. The molecule has 0 aliphatic rings. The lowest BCUT2D eigenvalue weighted by atomic mass is 10.1. The normalized spacial score (nSPS) is 10.6. The Morgan fingerprint density at radius 1 is 0.929 bits per heavy atom. The predicted molar refractivity (Wildman–Crippen MR) is 49.2 cm³/mol. The van der Waals surface area contributed by atoms with Crippen molar-refractivity contribution >= 4 is 0 Å². The first-order valence-electron chi connectivity index (χ1n) is 4.58. The molecule has 1 aromatic rings. The van der Waals surface area contributed by atoms with E-state index in [1.807, 2.05) is 0 Å². The zero-order valence-electron chi connectivity index (χ0n) is 7.82. The van der Waals surface area contributed by atoms with Gasteiger partial charge in [-0.1, -0.05) is 19.8 Å². The molecule has 0 aliphatic heterocycles. The molecule has 0 saturated carbocycles. The fourth-order valence-corrected chi connectivity index (χ4v) is 1.25. The van der Waals surface area contributed by atoms with Crippen LogP contribution in [-0.4, -0.2) is 0 Å². The van der Waals surface area contributed by atoms with Gasteiger partial charge in [0.15, 0.2) is 11.6 Å². The van der Waals surface area contributed by atoms with Crippen LogP contribution in [0.25, 0.3) is 0 Å². The van der Waals surface area contributed by atoms with Crippen molar-refractivity contribution in [2.75, 3.05) is 0 Å². The highest BCUT2D eigenvalue weighted by Crippen LogP contribution is 2.16. The molecular weight excluding hydrogens is 189 g/mol. The van der Waals surface area contributed by atoms with Gasteiger partial charge in [-0.3, -0.25) is 0 Å². The molecule has 0 amide bonds. The minimum Gasteiger partial charge on any atom is -0.207 e. The lowest BCUT2D eigenvalue weighted by molar-refractivity contribution is 0.489. The highest BCUT2D eigenvalue weighted by molar-refractivity contribution is 5.20. The van der Waals surface area contributed by atoms with Crippen LogP contribution in [0.2, 0.25) is 0 Å². The molecule has 1 radical (unpaired) electrons. The van der Waals surface area contributed by atoms with Crippen LogP contribution in [0.1, 0.15) is 24.8 Å². The number of halogens is 3. The summed E-state index contributed by atoms with van der Waals surface area (Å²) in [5.74, 6) is -2.80. The highest BCUT2D eigenvalue weighted by atomic mass is 19.2. The van der Waals surface area contributed by atoms with E-state index in [4.69, 9.17) is 0 Å². The minimum absolute atomic E-state index is 0.234. The summed E-state index contributed by atoms with van der Waals surface area (Å²) in [5.41, 5.74) is 0.234. The molecule has 0 aliphatic carbocycles. The van der Waals surface area contributed by atoms with Crippen molar-refractivity contribution in [3.8, 4) is 0 Å². The third-order valence-electron chi connectivity index (χ3n) is 2.04. The third kappa shape index (κ3) is 2.76. The monoisotopic (exact) mass is 201 g/mol. The topological polar surface area (TPSA) is 0 Å². The number of hydrogen-bond acceptors (Lipinski definition) is 0.